The minimum absolute atomic E-state index is 0.0208. The maximum atomic E-state index is 10.2. The minimum Gasteiger partial charge on any atom is -0.492 e. The van der Waals surface area contributed by atoms with Crippen molar-refractivity contribution < 1.29 is 5.11 Å². The van der Waals surface area contributed by atoms with Gasteiger partial charge < -0.3 is 5.11 Å². The number of hydrogen-bond acceptors (Lipinski definition) is 6. The highest BCUT2D eigenvalue weighted by atomic mass is 32.1. The summed E-state index contributed by atoms with van der Waals surface area (Å²) >= 11 is 1.44. The van der Waals surface area contributed by atoms with E-state index in [1.54, 1.807) is 12.3 Å². The summed E-state index contributed by atoms with van der Waals surface area (Å²) < 4.78 is 0.680. The van der Waals surface area contributed by atoms with Gasteiger partial charge in [0.2, 0.25) is 5.88 Å². The Balaban J connectivity index is 1.96. The van der Waals surface area contributed by atoms with E-state index >= 15 is 0 Å². The molecule has 0 aliphatic carbocycles. The summed E-state index contributed by atoms with van der Waals surface area (Å²) in [5.74, 6) is 0.372. The van der Waals surface area contributed by atoms with Crippen LogP contribution in [0.3, 0.4) is 0 Å². The van der Waals surface area contributed by atoms with Crippen molar-refractivity contribution in [1.29, 1.82) is 0 Å². The fourth-order valence-electron chi connectivity index (χ4n) is 2.46. The van der Waals surface area contributed by atoms with Crippen molar-refractivity contribution in [2.75, 3.05) is 0 Å². The topological polar surface area (TPSA) is 71.8 Å². The molecule has 0 aliphatic rings. The van der Waals surface area contributed by atoms with Crippen LogP contribution in [0.1, 0.15) is 5.56 Å². The molecule has 0 radical (unpaired) electrons. The number of thiophene rings is 1. The Labute approximate surface area is 136 Å². The molecule has 6 heteroatoms. The van der Waals surface area contributed by atoms with E-state index in [1.807, 2.05) is 17.5 Å². The normalized spacial score (nSPS) is 11.0. The van der Waals surface area contributed by atoms with Crippen LogP contribution in [0, 0.1) is 6.92 Å². The quantitative estimate of drug-likeness (QED) is 0.608. The Morgan fingerprint density at radius 2 is 2.04 bits per heavy atom. The molecule has 0 saturated heterocycles. The predicted octanol–water partition coefficient (Wildman–Crippen LogP) is 3.83. The lowest BCUT2D eigenvalue weighted by atomic mass is 10.1. The third kappa shape index (κ3) is 2.43. The Morgan fingerprint density at radius 1 is 1.13 bits per heavy atom. The van der Waals surface area contributed by atoms with Crippen molar-refractivity contribution in [2.45, 2.75) is 6.92 Å². The second kappa shape index (κ2) is 5.40. The maximum absolute atomic E-state index is 10.2. The molecule has 0 bridgehead atoms. The van der Waals surface area contributed by atoms with E-state index in [4.69, 9.17) is 0 Å². The molecule has 112 valence electrons. The number of nitrogens with zero attached hydrogens (tertiary/aromatic N) is 4. The van der Waals surface area contributed by atoms with Gasteiger partial charge in [-0.2, -0.15) is 4.98 Å². The Bertz CT molecular complexity index is 998. The van der Waals surface area contributed by atoms with Crippen LogP contribution in [-0.4, -0.2) is 25.0 Å². The largest absolute Gasteiger partial charge is 0.492 e. The highest BCUT2D eigenvalue weighted by molar-refractivity contribution is 7.18. The van der Waals surface area contributed by atoms with Crippen molar-refractivity contribution >= 4 is 21.6 Å². The number of benzene rings is 1. The summed E-state index contributed by atoms with van der Waals surface area (Å²) in [6.07, 6.45) is 3.07. The van der Waals surface area contributed by atoms with E-state index in [0.29, 0.717) is 16.2 Å². The first-order valence-corrected chi connectivity index (χ1v) is 7.92. The van der Waals surface area contributed by atoms with Crippen molar-refractivity contribution in [3.8, 4) is 28.5 Å². The molecule has 0 aliphatic heterocycles. The van der Waals surface area contributed by atoms with Gasteiger partial charge in [0.15, 0.2) is 5.82 Å². The van der Waals surface area contributed by atoms with E-state index in [0.717, 1.165) is 16.6 Å². The SMILES string of the molecule is Cc1cccc(-c2csc3c(O)nc(-c4ccncn4)nc23)c1. The Kier molecular flexibility index (Phi) is 3.24. The van der Waals surface area contributed by atoms with Gasteiger partial charge in [0.25, 0.3) is 0 Å². The third-order valence-corrected chi connectivity index (χ3v) is 4.50. The molecule has 0 amide bonds. The second-order valence-electron chi connectivity index (χ2n) is 5.16. The summed E-state index contributed by atoms with van der Waals surface area (Å²) in [6.45, 7) is 2.05. The number of aromatic nitrogens is 4. The molecule has 0 spiro atoms. The zero-order valence-electron chi connectivity index (χ0n) is 12.3. The Morgan fingerprint density at radius 3 is 2.83 bits per heavy atom. The van der Waals surface area contributed by atoms with Gasteiger partial charge in [-0.1, -0.05) is 29.8 Å². The van der Waals surface area contributed by atoms with E-state index in [1.165, 1.54) is 23.2 Å². The number of fused-ring (bicyclic) bond motifs is 1. The van der Waals surface area contributed by atoms with Crippen LogP contribution in [0.25, 0.3) is 32.9 Å². The molecule has 5 nitrogen and oxygen atoms in total. The first-order valence-electron chi connectivity index (χ1n) is 7.04. The monoisotopic (exact) mass is 320 g/mol. The molecule has 0 fully saturated rings. The van der Waals surface area contributed by atoms with Crippen molar-refractivity contribution in [1.82, 2.24) is 19.9 Å². The molecule has 0 saturated carbocycles. The molecule has 0 unspecified atom stereocenters. The van der Waals surface area contributed by atoms with Gasteiger partial charge in [0.1, 0.15) is 16.7 Å². The predicted molar refractivity (Wildman–Crippen MR) is 90.3 cm³/mol. The highest BCUT2D eigenvalue weighted by Gasteiger charge is 2.15. The summed E-state index contributed by atoms with van der Waals surface area (Å²) in [5, 5.41) is 12.2. The lowest BCUT2D eigenvalue weighted by Gasteiger charge is -2.04. The molecule has 3 aromatic heterocycles. The van der Waals surface area contributed by atoms with Gasteiger partial charge in [-0.25, -0.2) is 15.0 Å². The lowest BCUT2D eigenvalue weighted by Crippen LogP contribution is -1.93. The molecule has 4 rings (SSSR count). The van der Waals surface area contributed by atoms with Gasteiger partial charge in [-0.05, 0) is 18.6 Å². The fourth-order valence-corrected chi connectivity index (χ4v) is 3.36. The first-order chi connectivity index (χ1) is 11.2. The smallest absolute Gasteiger partial charge is 0.233 e. The van der Waals surface area contributed by atoms with Gasteiger partial charge in [-0.15, -0.1) is 11.3 Å². The van der Waals surface area contributed by atoms with Gasteiger partial charge >= 0.3 is 0 Å². The Hall–Kier alpha value is -2.86. The fraction of sp³-hybridized carbons (Fsp3) is 0.0588. The second-order valence-corrected chi connectivity index (χ2v) is 6.04. The molecule has 0 atom stereocenters. The number of aryl methyl sites for hydroxylation is 1. The number of aromatic hydroxyl groups is 1. The van der Waals surface area contributed by atoms with Crippen LogP contribution in [0.2, 0.25) is 0 Å². The van der Waals surface area contributed by atoms with Crippen LogP contribution < -0.4 is 0 Å². The molecule has 1 N–H and O–H groups in total. The molecule has 23 heavy (non-hydrogen) atoms. The van der Waals surface area contributed by atoms with Crippen LogP contribution >= 0.6 is 11.3 Å². The molecular formula is C17H12N4OS. The van der Waals surface area contributed by atoms with Crippen LogP contribution in [-0.2, 0) is 0 Å². The van der Waals surface area contributed by atoms with Crippen molar-refractivity contribution in [3.05, 3.63) is 53.8 Å². The van der Waals surface area contributed by atoms with Gasteiger partial charge in [0.05, 0.1) is 5.52 Å². The zero-order valence-corrected chi connectivity index (χ0v) is 13.1. The maximum Gasteiger partial charge on any atom is 0.233 e. The number of hydrogen-bond donors (Lipinski definition) is 1. The summed E-state index contributed by atoms with van der Waals surface area (Å²) in [7, 11) is 0. The molecule has 1 aromatic carbocycles. The van der Waals surface area contributed by atoms with Gasteiger partial charge in [0, 0.05) is 17.1 Å². The van der Waals surface area contributed by atoms with Gasteiger partial charge in [-0.3, -0.25) is 0 Å². The van der Waals surface area contributed by atoms with E-state index < -0.39 is 0 Å². The number of rotatable bonds is 2. The van der Waals surface area contributed by atoms with Crippen molar-refractivity contribution in [2.24, 2.45) is 0 Å². The lowest BCUT2D eigenvalue weighted by molar-refractivity contribution is 0.461. The first kappa shape index (κ1) is 13.8. The minimum atomic E-state index is -0.0208. The van der Waals surface area contributed by atoms with Crippen LogP contribution in [0.5, 0.6) is 5.88 Å². The van der Waals surface area contributed by atoms with Crippen LogP contribution in [0.4, 0.5) is 0 Å². The summed E-state index contributed by atoms with van der Waals surface area (Å²) in [4.78, 5) is 16.8. The molecular weight excluding hydrogens is 308 g/mol. The summed E-state index contributed by atoms with van der Waals surface area (Å²) in [5.41, 5.74) is 4.56. The molecule has 3 heterocycles. The standard InChI is InChI=1S/C17H12N4OS/c1-10-3-2-4-11(7-10)12-8-23-15-14(12)20-16(21-17(15)22)13-5-6-18-9-19-13/h2-9H,1H3,(H,20,21,22). The highest BCUT2D eigenvalue weighted by Crippen LogP contribution is 2.37. The van der Waals surface area contributed by atoms with E-state index in [2.05, 4.69) is 39.0 Å². The average Bonchev–Trinajstić information content (AvgIpc) is 3.00. The molecule has 4 aromatic rings. The van der Waals surface area contributed by atoms with Crippen LogP contribution in [0.15, 0.2) is 48.2 Å². The average molecular weight is 320 g/mol. The third-order valence-electron chi connectivity index (χ3n) is 3.54. The van der Waals surface area contributed by atoms with E-state index in [9.17, 15) is 5.11 Å². The zero-order chi connectivity index (χ0) is 15.8. The van der Waals surface area contributed by atoms with Crippen molar-refractivity contribution in [3.63, 3.8) is 0 Å². The van der Waals surface area contributed by atoms with E-state index in [-0.39, 0.29) is 5.88 Å². The summed E-state index contributed by atoms with van der Waals surface area (Å²) in [6, 6.07) is 9.93.